The Labute approximate surface area is 245 Å². The van der Waals surface area contributed by atoms with Crippen molar-refractivity contribution in [2.24, 2.45) is 0 Å². The van der Waals surface area contributed by atoms with Crippen LogP contribution in [0.4, 0.5) is 5.00 Å². The molecule has 0 radical (unpaired) electrons. The third-order valence-electron chi connectivity index (χ3n) is 7.32. The number of nitrogens with zero attached hydrogens (tertiary/aromatic N) is 2. The number of esters is 1. The first-order valence-electron chi connectivity index (χ1n) is 13.3. The first-order chi connectivity index (χ1) is 18.9. The first-order valence-corrected chi connectivity index (χ1v) is 15.5. The molecule has 3 heterocycles. The van der Waals surface area contributed by atoms with Gasteiger partial charge >= 0.3 is 5.97 Å². The lowest BCUT2D eigenvalue weighted by Crippen LogP contribution is -2.31. The summed E-state index contributed by atoms with van der Waals surface area (Å²) in [7, 11) is -2.26. The SMILES string of the molecule is COC(=O)c1c(NC(=O)c2ccc(S(=O)(=O)N3CCCCCC3)cc2)sc2c1CCN(Cc1ccccc1)C2.Cl. The van der Waals surface area contributed by atoms with Crippen molar-refractivity contribution in [2.75, 3.05) is 32.1 Å². The van der Waals surface area contributed by atoms with Gasteiger partial charge in [-0.05, 0) is 54.7 Å². The summed E-state index contributed by atoms with van der Waals surface area (Å²) in [6, 6.07) is 16.2. The van der Waals surface area contributed by atoms with E-state index in [4.69, 9.17) is 4.74 Å². The van der Waals surface area contributed by atoms with Crippen LogP contribution in [0.15, 0.2) is 59.5 Å². The molecule has 0 unspecified atom stereocenters. The highest BCUT2D eigenvalue weighted by Crippen LogP contribution is 2.38. The molecule has 0 aliphatic carbocycles. The van der Waals surface area contributed by atoms with Gasteiger partial charge in [-0.3, -0.25) is 9.69 Å². The Kier molecular flexibility index (Phi) is 10.0. The zero-order valence-corrected chi connectivity index (χ0v) is 24.9. The van der Waals surface area contributed by atoms with E-state index >= 15 is 0 Å². The molecule has 0 saturated carbocycles. The van der Waals surface area contributed by atoms with E-state index in [2.05, 4.69) is 22.3 Å². The van der Waals surface area contributed by atoms with E-state index in [1.807, 2.05) is 18.2 Å². The van der Waals surface area contributed by atoms with Crippen LogP contribution in [0.1, 0.15) is 62.4 Å². The molecule has 2 aromatic carbocycles. The van der Waals surface area contributed by atoms with Gasteiger partial charge in [-0.15, -0.1) is 23.7 Å². The van der Waals surface area contributed by atoms with E-state index in [0.29, 0.717) is 42.2 Å². The van der Waals surface area contributed by atoms with Crippen molar-refractivity contribution in [1.82, 2.24) is 9.21 Å². The van der Waals surface area contributed by atoms with Crippen LogP contribution in [-0.2, 0) is 34.3 Å². The summed E-state index contributed by atoms with van der Waals surface area (Å²) in [5.41, 5.74) is 2.87. The number of fused-ring (bicyclic) bond motifs is 1. The number of anilines is 1. The van der Waals surface area contributed by atoms with Crippen LogP contribution in [0.25, 0.3) is 0 Å². The van der Waals surface area contributed by atoms with Crippen LogP contribution in [0, 0.1) is 0 Å². The molecular formula is C29H34ClN3O5S2. The van der Waals surface area contributed by atoms with Gasteiger partial charge in [-0.1, -0.05) is 43.2 Å². The molecule has 1 amide bonds. The van der Waals surface area contributed by atoms with Gasteiger partial charge in [0.1, 0.15) is 5.00 Å². The molecule has 1 fully saturated rings. The number of rotatable bonds is 7. The lowest BCUT2D eigenvalue weighted by atomic mass is 10.0. The third kappa shape index (κ3) is 6.58. The van der Waals surface area contributed by atoms with E-state index in [0.717, 1.165) is 49.2 Å². The average Bonchev–Trinajstić information content (AvgIpc) is 3.10. The summed E-state index contributed by atoms with van der Waals surface area (Å²) in [5, 5.41) is 3.35. The predicted octanol–water partition coefficient (Wildman–Crippen LogP) is 5.33. The lowest BCUT2D eigenvalue weighted by molar-refractivity contribution is 0.0600. The van der Waals surface area contributed by atoms with Crippen molar-refractivity contribution in [3.63, 3.8) is 0 Å². The molecule has 1 N–H and O–H groups in total. The Morgan fingerprint density at radius 2 is 1.62 bits per heavy atom. The molecule has 0 spiro atoms. The fourth-order valence-corrected chi connectivity index (χ4v) is 8.01. The number of halogens is 1. The number of hydrogen-bond donors (Lipinski definition) is 1. The maximum atomic E-state index is 13.2. The molecule has 1 saturated heterocycles. The summed E-state index contributed by atoms with van der Waals surface area (Å²) in [4.78, 5) is 29.5. The number of methoxy groups -OCH3 is 1. The number of ether oxygens (including phenoxy) is 1. The van der Waals surface area contributed by atoms with Crippen LogP contribution in [0.2, 0.25) is 0 Å². The Morgan fingerprint density at radius 1 is 0.950 bits per heavy atom. The Balaban J connectivity index is 0.00000370. The number of carbonyl (C=O) groups excluding carboxylic acids is 2. The smallest absolute Gasteiger partial charge is 0.341 e. The van der Waals surface area contributed by atoms with Gasteiger partial charge in [0.25, 0.3) is 5.91 Å². The molecule has 2 aliphatic heterocycles. The van der Waals surface area contributed by atoms with Crippen molar-refractivity contribution in [1.29, 1.82) is 0 Å². The van der Waals surface area contributed by atoms with Gasteiger partial charge < -0.3 is 10.1 Å². The van der Waals surface area contributed by atoms with Gasteiger partial charge in [0.2, 0.25) is 10.0 Å². The summed E-state index contributed by atoms with van der Waals surface area (Å²) < 4.78 is 32.8. The van der Waals surface area contributed by atoms with Gasteiger partial charge in [-0.25, -0.2) is 13.2 Å². The number of hydrogen-bond acceptors (Lipinski definition) is 7. The minimum Gasteiger partial charge on any atom is -0.465 e. The number of sulfonamides is 1. The number of amides is 1. The second-order valence-corrected chi connectivity index (χ2v) is 13.0. The highest BCUT2D eigenvalue weighted by atomic mass is 35.5. The van der Waals surface area contributed by atoms with Crippen LogP contribution in [0.3, 0.4) is 0 Å². The molecule has 1 aromatic heterocycles. The second kappa shape index (κ2) is 13.3. The first kappa shape index (κ1) is 30.2. The van der Waals surface area contributed by atoms with E-state index in [-0.39, 0.29) is 17.3 Å². The quantitative estimate of drug-likeness (QED) is 0.367. The molecule has 0 atom stereocenters. The van der Waals surface area contributed by atoms with E-state index in [9.17, 15) is 18.0 Å². The topological polar surface area (TPSA) is 96.0 Å². The summed E-state index contributed by atoms with van der Waals surface area (Å²) in [5.74, 6) is -0.878. The molecule has 3 aromatic rings. The fourth-order valence-electron chi connectivity index (χ4n) is 5.22. The molecule has 2 aliphatic rings. The average molecular weight is 604 g/mol. The largest absolute Gasteiger partial charge is 0.465 e. The second-order valence-electron chi connectivity index (χ2n) is 9.94. The standard InChI is InChI=1S/C29H33N3O5S2.ClH/c1-37-29(34)26-24-15-18-31(19-21-9-5-4-6-10-21)20-25(24)38-28(26)30-27(33)22-11-13-23(14-12-22)39(35,36)32-16-7-2-3-8-17-32;/h4-6,9-14H,2-3,7-8,15-20H2,1H3,(H,30,33);1H. The maximum Gasteiger partial charge on any atom is 0.341 e. The van der Waals surface area contributed by atoms with Gasteiger partial charge in [-0.2, -0.15) is 4.31 Å². The van der Waals surface area contributed by atoms with Crippen molar-refractivity contribution >= 4 is 50.6 Å². The Bertz CT molecular complexity index is 1430. The van der Waals surface area contributed by atoms with Crippen molar-refractivity contribution in [3.8, 4) is 0 Å². The van der Waals surface area contributed by atoms with Crippen LogP contribution >= 0.6 is 23.7 Å². The molecule has 214 valence electrons. The number of carbonyl (C=O) groups is 2. The van der Waals surface area contributed by atoms with Gasteiger partial charge in [0, 0.05) is 43.2 Å². The van der Waals surface area contributed by atoms with Crippen LogP contribution in [-0.4, -0.2) is 56.2 Å². The van der Waals surface area contributed by atoms with Crippen LogP contribution in [0.5, 0.6) is 0 Å². The van der Waals surface area contributed by atoms with Crippen molar-refractivity contribution in [3.05, 3.63) is 81.7 Å². The Morgan fingerprint density at radius 3 is 2.27 bits per heavy atom. The maximum absolute atomic E-state index is 13.2. The molecule has 8 nitrogen and oxygen atoms in total. The molecular weight excluding hydrogens is 570 g/mol. The molecule has 11 heteroatoms. The van der Waals surface area contributed by atoms with E-state index < -0.39 is 21.9 Å². The molecule has 40 heavy (non-hydrogen) atoms. The minimum absolute atomic E-state index is 0. The van der Waals surface area contributed by atoms with E-state index in [1.165, 1.54) is 52.6 Å². The summed E-state index contributed by atoms with van der Waals surface area (Å²) >= 11 is 1.39. The minimum atomic E-state index is -3.60. The third-order valence-corrected chi connectivity index (χ3v) is 10.4. The zero-order valence-electron chi connectivity index (χ0n) is 22.4. The number of thiophene rings is 1. The Hall–Kier alpha value is -2.76. The number of nitrogens with one attached hydrogen (secondary N) is 1. The molecule has 0 bridgehead atoms. The van der Waals surface area contributed by atoms with Gasteiger partial charge in [0.15, 0.2) is 0 Å². The van der Waals surface area contributed by atoms with Gasteiger partial charge in [0.05, 0.1) is 17.6 Å². The monoisotopic (exact) mass is 603 g/mol. The summed E-state index contributed by atoms with van der Waals surface area (Å²) in [6.45, 7) is 3.32. The normalized spacial score (nSPS) is 16.3. The number of benzene rings is 2. The van der Waals surface area contributed by atoms with E-state index in [1.54, 1.807) is 0 Å². The van der Waals surface area contributed by atoms with Crippen molar-refractivity contribution < 1.29 is 22.7 Å². The zero-order chi connectivity index (χ0) is 27.4. The lowest BCUT2D eigenvalue weighted by Gasteiger charge is -2.27. The molecule has 5 rings (SSSR count). The highest BCUT2D eigenvalue weighted by molar-refractivity contribution is 7.89. The van der Waals surface area contributed by atoms with Crippen molar-refractivity contribution in [2.45, 2.75) is 50.1 Å². The predicted molar refractivity (Wildman–Crippen MR) is 159 cm³/mol. The summed E-state index contributed by atoms with van der Waals surface area (Å²) in [6.07, 6.45) is 4.47. The fraction of sp³-hybridized carbons (Fsp3) is 0.379. The highest BCUT2D eigenvalue weighted by Gasteiger charge is 2.30. The van der Waals surface area contributed by atoms with Crippen LogP contribution < -0.4 is 5.32 Å².